The summed E-state index contributed by atoms with van der Waals surface area (Å²) in [5.41, 5.74) is 2.55. The van der Waals surface area contributed by atoms with Crippen LogP contribution in [-0.2, 0) is 6.54 Å². The SMILES string of the molecule is C[C@@H]1CN(Cc2cc(-c3cccc(Oc4ncc(F)cc4C(=O)NC4CCC(NC(=O)O)CC4)c3)ccc2O)C[C@H](C)N1. The number of amides is 2. The smallest absolute Gasteiger partial charge is 0.404 e. The van der Waals surface area contributed by atoms with Gasteiger partial charge in [0.15, 0.2) is 0 Å². The molecular weight excluding hydrogens is 553 g/mol. The van der Waals surface area contributed by atoms with E-state index < -0.39 is 17.8 Å². The Hall–Kier alpha value is -4.22. The van der Waals surface area contributed by atoms with E-state index in [0.29, 0.717) is 50.1 Å². The second-order valence-electron chi connectivity index (χ2n) is 11.6. The first-order valence-corrected chi connectivity index (χ1v) is 14.7. The van der Waals surface area contributed by atoms with Gasteiger partial charge in [-0.25, -0.2) is 14.2 Å². The third kappa shape index (κ3) is 7.99. The molecule has 2 aromatic carbocycles. The molecule has 1 aliphatic carbocycles. The fourth-order valence-corrected chi connectivity index (χ4v) is 6.04. The Bertz CT molecular complexity index is 1450. The number of ether oxygens (including phenoxy) is 1. The van der Waals surface area contributed by atoms with Crippen molar-refractivity contribution in [1.29, 1.82) is 0 Å². The largest absolute Gasteiger partial charge is 0.508 e. The summed E-state index contributed by atoms with van der Waals surface area (Å²) < 4.78 is 20.2. The van der Waals surface area contributed by atoms with Crippen molar-refractivity contribution >= 4 is 12.0 Å². The van der Waals surface area contributed by atoms with E-state index >= 15 is 0 Å². The van der Waals surface area contributed by atoms with E-state index in [9.17, 15) is 19.1 Å². The number of aromatic nitrogens is 1. The number of nitrogens with one attached hydrogen (secondary N) is 3. The number of nitrogens with zero attached hydrogens (tertiary/aromatic N) is 2. The molecule has 2 amide bonds. The van der Waals surface area contributed by atoms with Gasteiger partial charge in [-0.15, -0.1) is 0 Å². The number of hydrogen-bond acceptors (Lipinski definition) is 7. The Labute approximate surface area is 250 Å². The highest BCUT2D eigenvalue weighted by atomic mass is 19.1. The summed E-state index contributed by atoms with van der Waals surface area (Å²) in [6.45, 7) is 6.72. The Morgan fingerprint density at radius 1 is 1.00 bits per heavy atom. The Kier molecular flexibility index (Phi) is 9.42. The maximum atomic E-state index is 14.2. The van der Waals surface area contributed by atoms with Crippen molar-refractivity contribution in [3.63, 3.8) is 0 Å². The van der Waals surface area contributed by atoms with Crippen LogP contribution in [0.4, 0.5) is 9.18 Å². The van der Waals surface area contributed by atoms with Crippen LogP contribution in [0.15, 0.2) is 54.7 Å². The normalized spacial score (nSPS) is 22.5. The third-order valence-corrected chi connectivity index (χ3v) is 7.94. The van der Waals surface area contributed by atoms with Gasteiger partial charge in [-0.1, -0.05) is 18.2 Å². The highest BCUT2D eigenvalue weighted by Crippen LogP contribution is 2.32. The van der Waals surface area contributed by atoms with Crippen molar-refractivity contribution in [2.45, 2.75) is 70.2 Å². The molecular formula is C32H38FN5O5. The van der Waals surface area contributed by atoms with Crippen LogP contribution in [0, 0.1) is 5.82 Å². The van der Waals surface area contributed by atoms with Gasteiger partial charge in [0.1, 0.15) is 22.9 Å². The highest BCUT2D eigenvalue weighted by Gasteiger charge is 2.26. The van der Waals surface area contributed by atoms with Gasteiger partial charge < -0.3 is 30.9 Å². The minimum absolute atomic E-state index is 0.0226. The minimum Gasteiger partial charge on any atom is -0.508 e. The summed E-state index contributed by atoms with van der Waals surface area (Å²) in [4.78, 5) is 30.5. The molecule has 1 saturated heterocycles. The molecule has 2 fully saturated rings. The molecule has 5 N–H and O–H groups in total. The molecule has 1 aromatic heterocycles. The van der Waals surface area contributed by atoms with Crippen LogP contribution in [0.5, 0.6) is 17.4 Å². The van der Waals surface area contributed by atoms with Crippen LogP contribution in [0.25, 0.3) is 11.1 Å². The number of carbonyl (C=O) groups is 2. The molecule has 11 heteroatoms. The van der Waals surface area contributed by atoms with Crippen LogP contribution < -0.4 is 20.7 Å². The molecule has 1 aliphatic heterocycles. The van der Waals surface area contributed by atoms with Gasteiger partial charge in [0.05, 0.1) is 6.20 Å². The fraction of sp³-hybridized carbons (Fsp3) is 0.406. The van der Waals surface area contributed by atoms with Crippen molar-refractivity contribution in [1.82, 2.24) is 25.8 Å². The zero-order valence-electron chi connectivity index (χ0n) is 24.3. The number of carbonyl (C=O) groups excluding carboxylic acids is 1. The molecule has 0 radical (unpaired) electrons. The monoisotopic (exact) mass is 591 g/mol. The van der Waals surface area contributed by atoms with E-state index in [1.807, 2.05) is 30.3 Å². The lowest BCUT2D eigenvalue weighted by Crippen LogP contribution is -2.53. The number of carboxylic acid groups (broad SMARTS) is 1. The maximum Gasteiger partial charge on any atom is 0.404 e. The first-order valence-electron chi connectivity index (χ1n) is 14.7. The van der Waals surface area contributed by atoms with Gasteiger partial charge in [-0.3, -0.25) is 9.69 Å². The van der Waals surface area contributed by atoms with Gasteiger partial charge in [0.25, 0.3) is 5.91 Å². The van der Waals surface area contributed by atoms with Crippen molar-refractivity contribution < 1.29 is 28.9 Å². The Morgan fingerprint density at radius 2 is 1.67 bits per heavy atom. The average Bonchev–Trinajstić information content (AvgIpc) is 2.95. The van der Waals surface area contributed by atoms with E-state index in [1.54, 1.807) is 12.1 Å². The summed E-state index contributed by atoms with van der Waals surface area (Å²) in [5, 5.41) is 28.5. The second-order valence-corrected chi connectivity index (χ2v) is 11.6. The summed E-state index contributed by atoms with van der Waals surface area (Å²) in [6.07, 6.45) is 2.33. The van der Waals surface area contributed by atoms with Crippen molar-refractivity contribution in [3.8, 4) is 28.5 Å². The Balaban J connectivity index is 1.29. The molecule has 3 aromatic rings. The first-order chi connectivity index (χ1) is 20.6. The van der Waals surface area contributed by atoms with Crippen molar-refractivity contribution in [2.24, 2.45) is 0 Å². The molecule has 43 heavy (non-hydrogen) atoms. The number of halogens is 1. The van der Waals surface area contributed by atoms with Gasteiger partial charge >= 0.3 is 6.09 Å². The van der Waals surface area contributed by atoms with Crippen molar-refractivity contribution in [3.05, 3.63) is 71.7 Å². The quantitative estimate of drug-likeness (QED) is 0.250. The number of rotatable bonds is 8. The zero-order valence-corrected chi connectivity index (χ0v) is 24.3. The lowest BCUT2D eigenvalue weighted by molar-refractivity contribution is 0.0919. The molecule has 1 saturated carbocycles. The topological polar surface area (TPSA) is 136 Å². The number of phenols is 1. The van der Waals surface area contributed by atoms with Gasteiger partial charge in [-0.05, 0) is 81.0 Å². The number of piperazine rings is 1. The maximum absolute atomic E-state index is 14.2. The summed E-state index contributed by atoms with van der Waals surface area (Å²) >= 11 is 0. The van der Waals surface area contributed by atoms with Crippen LogP contribution in [0.3, 0.4) is 0 Å². The molecule has 0 spiro atoms. The average molecular weight is 592 g/mol. The van der Waals surface area contributed by atoms with E-state index in [-0.39, 0.29) is 29.3 Å². The molecule has 0 bridgehead atoms. The first kappa shape index (κ1) is 30.2. The molecule has 228 valence electrons. The zero-order chi connectivity index (χ0) is 30.5. The number of hydrogen-bond donors (Lipinski definition) is 5. The second kappa shape index (κ2) is 13.4. The van der Waals surface area contributed by atoms with Crippen molar-refractivity contribution in [2.75, 3.05) is 13.1 Å². The predicted octanol–water partition coefficient (Wildman–Crippen LogP) is 4.88. The van der Waals surface area contributed by atoms with Crippen LogP contribution in [0.1, 0.15) is 55.5 Å². The van der Waals surface area contributed by atoms with E-state index in [1.165, 1.54) is 0 Å². The van der Waals surface area contributed by atoms with E-state index in [0.717, 1.165) is 42.0 Å². The number of pyridine rings is 1. The lowest BCUT2D eigenvalue weighted by atomic mass is 9.91. The van der Waals surface area contributed by atoms with Crippen LogP contribution in [0.2, 0.25) is 0 Å². The molecule has 0 unspecified atom stereocenters. The summed E-state index contributed by atoms with van der Waals surface area (Å²) in [6, 6.07) is 14.3. The van der Waals surface area contributed by atoms with Gasteiger partial charge in [0.2, 0.25) is 5.88 Å². The molecule has 2 aliphatic rings. The molecule has 10 nitrogen and oxygen atoms in total. The number of phenolic OH excluding ortho intramolecular Hbond substituents is 1. The lowest BCUT2D eigenvalue weighted by Gasteiger charge is -2.36. The molecule has 2 heterocycles. The fourth-order valence-electron chi connectivity index (χ4n) is 6.04. The van der Waals surface area contributed by atoms with E-state index in [2.05, 4.69) is 39.7 Å². The standard InChI is InChI=1S/C32H38FN5O5/c1-19-16-38(17-20(2)35-19)18-23-12-22(6-11-29(23)39)21-4-3-5-27(13-21)43-31-28(14-24(33)15-34-31)30(40)36-25-7-9-26(10-8-25)37-32(41)42/h3-6,11-15,19-20,25-26,35,37,39H,7-10,16-18H2,1-2H3,(H,36,40)(H,41,42)/t19-,20+,25?,26?. The van der Waals surface area contributed by atoms with Crippen LogP contribution >= 0.6 is 0 Å². The molecule has 2 atom stereocenters. The predicted molar refractivity (Wildman–Crippen MR) is 160 cm³/mol. The third-order valence-electron chi connectivity index (χ3n) is 7.94. The summed E-state index contributed by atoms with van der Waals surface area (Å²) in [7, 11) is 0. The molecule has 5 rings (SSSR count). The van der Waals surface area contributed by atoms with Crippen LogP contribution in [-0.4, -0.2) is 69.4 Å². The Morgan fingerprint density at radius 3 is 2.37 bits per heavy atom. The van der Waals surface area contributed by atoms with Gasteiger partial charge in [-0.2, -0.15) is 0 Å². The minimum atomic E-state index is -1.06. The van der Waals surface area contributed by atoms with Gasteiger partial charge in [0, 0.05) is 49.4 Å². The number of benzene rings is 2. The highest BCUT2D eigenvalue weighted by molar-refractivity contribution is 5.96. The van der Waals surface area contributed by atoms with E-state index in [4.69, 9.17) is 9.84 Å². The number of aromatic hydroxyl groups is 1. The summed E-state index contributed by atoms with van der Waals surface area (Å²) in [5.74, 6) is -0.526.